The summed E-state index contributed by atoms with van der Waals surface area (Å²) >= 11 is 0. The summed E-state index contributed by atoms with van der Waals surface area (Å²) < 4.78 is 2.31. The molecule has 1 aromatic heterocycles. The lowest BCUT2D eigenvalue weighted by atomic mass is 9.96. The van der Waals surface area contributed by atoms with Gasteiger partial charge in [-0.1, -0.05) is 26.2 Å². The van der Waals surface area contributed by atoms with E-state index in [0.717, 1.165) is 24.3 Å². The zero-order valence-electron chi connectivity index (χ0n) is 10.7. The van der Waals surface area contributed by atoms with Crippen molar-refractivity contribution < 1.29 is 0 Å². The van der Waals surface area contributed by atoms with Crippen molar-refractivity contribution in [2.45, 2.75) is 58.0 Å². The van der Waals surface area contributed by atoms with Crippen molar-refractivity contribution in [1.29, 1.82) is 0 Å². The molecule has 2 fully saturated rings. The van der Waals surface area contributed by atoms with E-state index < -0.39 is 0 Å². The zero-order valence-corrected chi connectivity index (χ0v) is 10.7. The number of aromatic nitrogens is 2. The molecule has 0 bridgehead atoms. The third-order valence-electron chi connectivity index (χ3n) is 4.36. The molecule has 0 saturated heterocycles. The highest BCUT2D eigenvalue weighted by molar-refractivity contribution is 5.28. The molecule has 0 spiro atoms. The quantitative estimate of drug-likeness (QED) is 0.865. The van der Waals surface area contributed by atoms with Gasteiger partial charge < -0.3 is 9.88 Å². The largest absolute Gasteiger partial charge is 0.353 e. The monoisotopic (exact) mass is 233 g/mol. The SMILES string of the molecule is CC1CC1Cn1ccnc1NC1CCCCC1. The number of nitrogens with one attached hydrogen (secondary N) is 1. The molecule has 3 nitrogen and oxygen atoms in total. The van der Waals surface area contributed by atoms with E-state index in [-0.39, 0.29) is 0 Å². The van der Waals surface area contributed by atoms with Gasteiger partial charge in [0.15, 0.2) is 0 Å². The maximum absolute atomic E-state index is 4.47. The Morgan fingerprint density at radius 3 is 2.82 bits per heavy atom. The third-order valence-corrected chi connectivity index (χ3v) is 4.36. The number of rotatable bonds is 4. The van der Waals surface area contributed by atoms with Crippen LogP contribution in [0.15, 0.2) is 12.4 Å². The van der Waals surface area contributed by atoms with Gasteiger partial charge in [-0.05, 0) is 31.1 Å². The van der Waals surface area contributed by atoms with Gasteiger partial charge in [-0.25, -0.2) is 4.98 Å². The third kappa shape index (κ3) is 2.64. The van der Waals surface area contributed by atoms with E-state index in [1.165, 1.54) is 38.5 Å². The normalized spacial score (nSPS) is 29.2. The fraction of sp³-hybridized carbons (Fsp3) is 0.786. The lowest BCUT2D eigenvalue weighted by Crippen LogP contribution is -2.24. The molecule has 1 N–H and O–H groups in total. The number of anilines is 1. The van der Waals surface area contributed by atoms with Gasteiger partial charge >= 0.3 is 0 Å². The van der Waals surface area contributed by atoms with Crippen LogP contribution in [0.25, 0.3) is 0 Å². The Hall–Kier alpha value is -0.990. The van der Waals surface area contributed by atoms with Gasteiger partial charge in [0.1, 0.15) is 0 Å². The molecule has 1 heterocycles. The highest BCUT2D eigenvalue weighted by Crippen LogP contribution is 2.39. The minimum atomic E-state index is 0.654. The van der Waals surface area contributed by atoms with Crippen LogP contribution in [0, 0.1) is 11.8 Å². The van der Waals surface area contributed by atoms with Crippen molar-refractivity contribution >= 4 is 5.95 Å². The fourth-order valence-corrected chi connectivity index (χ4v) is 2.93. The Labute approximate surface area is 104 Å². The summed E-state index contributed by atoms with van der Waals surface area (Å²) in [5.41, 5.74) is 0. The van der Waals surface area contributed by atoms with Crippen LogP contribution in [0.5, 0.6) is 0 Å². The van der Waals surface area contributed by atoms with E-state index in [1.807, 2.05) is 6.20 Å². The summed E-state index contributed by atoms with van der Waals surface area (Å²) in [5.74, 6) is 2.90. The van der Waals surface area contributed by atoms with E-state index in [2.05, 4.69) is 28.0 Å². The molecule has 3 heteroatoms. The molecule has 1 aromatic rings. The van der Waals surface area contributed by atoms with E-state index in [9.17, 15) is 0 Å². The Morgan fingerprint density at radius 1 is 1.35 bits per heavy atom. The summed E-state index contributed by atoms with van der Waals surface area (Å²) in [4.78, 5) is 4.47. The van der Waals surface area contributed by atoms with Crippen LogP contribution in [0.2, 0.25) is 0 Å². The second kappa shape index (κ2) is 4.71. The van der Waals surface area contributed by atoms with Crippen molar-refractivity contribution in [2.75, 3.05) is 5.32 Å². The van der Waals surface area contributed by atoms with Crippen molar-refractivity contribution in [3.05, 3.63) is 12.4 Å². The van der Waals surface area contributed by atoms with Crippen LogP contribution >= 0.6 is 0 Å². The van der Waals surface area contributed by atoms with Crippen molar-refractivity contribution in [2.24, 2.45) is 11.8 Å². The van der Waals surface area contributed by atoms with Gasteiger partial charge in [0, 0.05) is 25.0 Å². The summed E-state index contributed by atoms with van der Waals surface area (Å²) in [6, 6.07) is 0.654. The van der Waals surface area contributed by atoms with Crippen LogP contribution in [0.4, 0.5) is 5.95 Å². The molecule has 0 radical (unpaired) electrons. The summed E-state index contributed by atoms with van der Waals surface area (Å²) in [7, 11) is 0. The number of nitrogens with zero attached hydrogens (tertiary/aromatic N) is 2. The molecule has 0 aliphatic heterocycles. The zero-order chi connectivity index (χ0) is 11.7. The first-order valence-electron chi connectivity index (χ1n) is 7.10. The highest BCUT2D eigenvalue weighted by atomic mass is 15.2. The Bertz CT molecular complexity index is 365. The summed E-state index contributed by atoms with van der Waals surface area (Å²) in [5, 5.41) is 3.63. The van der Waals surface area contributed by atoms with E-state index >= 15 is 0 Å². The van der Waals surface area contributed by atoms with Crippen molar-refractivity contribution in [3.63, 3.8) is 0 Å². The molecule has 0 amide bonds. The molecule has 17 heavy (non-hydrogen) atoms. The second-order valence-electron chi connectivity index (χ2n) is 5.86. The molecule has 2 atom stereocenters. The van der Waals surface area contributed by atoms with Gasteiger partial charge in [-0.3, -0.25) is 0 Å². The lowest BCUT2D eigenvalue weighted by Gasteiger charge is -2.23. The van der Waals surface area contributed by atoms with Gasteiger partial charge in [-0.15, -0.1) is 0 Å². The average Bonchev–Trinajstić information content (AvgIpc) is 2.86. The van der Waals surface area contributed by atoms with Crippen LogP contribution in [-0.2, 0) is 6.54 Å². The van der Waals surface area contributed by atoms with Crippen LogP contribution in [-0.4, -0.2) is 15.6 Å². The Balaban J connectivity index is 1.59. The molecule has 0 aromatic carbocycles. The van der Waals surface area contributed by atoms with Gasteiger partial charge in [0.25, 0.3) is 0 Å². The van der Waals surface area contributed by atoms with Crippen molar-refractivity contribution in [1.82, 2.24) is 9.55 Å². The maximum atomic E-state index is 4.47. The maximum Gasteiger partial charge on any atom is 0.202 e. The second-order valence-corrected chi connectivity index (χ2v) is 5.86. The summed E-state index contributed by atoms with van der Waals surface area (Å²) in [6.07, 6.45) is 12.2. The highest BCUT2D eigenvalue weighted by Gasteiger charge is 2.33. The lowest BCUT2D eigenvalue weighted by molar-refractivity contribution is 0.457. The predicted octanol–water partition coefficient (Wildman–Crippen LogP) is 3.28. The average molecular weight is 233 g/mol. The molecule has 94 valence electrons. The molecule has 2 aliphatic carbocycles. The minimum absolute atomic E-state index is 0.654. The van der Waals surface area contributed by atoms with E-state index in [1.54, 1.807) is 0 Å². The van der Waals surface area contributed by atoms with Gasteiger partial charge in [0.2, 0.25) is 5.95 Å². The number of hydrogen-bond donors (Lipinski definition) is 1. The molecule has 2 unspecified atom stereocenters. The van der Waals surface area contributed by atoms with E-state index in [4.69, 9.17) is 0 Å². The molecular formula is C14H23N3. The standard InChI is InChI=1S/C14H23N3/c1-11-9-12(11)10-17-8-7-15-14(17)16-13-5-3-2-4-6-13/h7-8,11-13H,2-6,9-10H2,1H3,(H,15,16). The van der Waals surface area contributed by atoms with Crippen LogP contribution in [0.3, 0.4) is 0 Å². The number of hydrogen-bond acceptors (Lipinski definition) is 2. The molecule has 3 rings (SSSR count). The minimum Gasteiger partial charge on any atom is -0.353 e. The first-order chi connectivity index (χ1) is 8.33. The molecule has 2 saturated carbocycles. The van der Waals surface area contributed by atoms with Crippen molar-refractivity contribution in [3.8, 4) is 0 Å². The van der Waals surface area contributed by atoms with Gasteiger partial charge in [-0.2, -0.15) is 0 Å². The van der Waals surface area contributed by atoms with Crippen LogP contribution < -0.4 is 5.32 Å². The van der Waals surface area contributed by atoms with E-state index in [0.29, 0.717) is 6.04 Å². The topological polar surface area (TPSA) is 29.9 Å². The molecule has 2 aliphatic rings. The first kappa shape index (κ1) is 11.1. The molecular weight excluding hydrogens is 210 g/mol. The van der Waals surface area contributed by atoms with Gasteiger partial charge in [0.05, 0.1) is 0 Å². The Kier molecular flexibility index (Phi) is 3.08. The Morgan fingerprint density at radius 2 is 2.12 bits per heavy atom. The van der Waals surface area contributed by atoms with Crippen LogP contribution in [0.1, 0.15) is 45.4 Å². The fourth-order valence-electron chi connectivity index (χ4n) is 2.93. The number of imidazole rings is 1. The first-order valence-corrected chi connectivity index (χ1v) is 7.10. The predicted molar refractivity (Wildman–Crippen MR) is 70.0 cm³/mol. The smallest absolute Gasteiger partial charge is 0.202 e. The summed E-state index contributed by atoms with van der Waals surface area (Å²) in [6.45, 7) is 3.49.